The highest BCUT2D eigenvalue weighted by Crippen LogP contribution is 2.24. The van der Waals surface area contributed by atoms with E-state index in [4.69, 9.17) is 22.0 Å². The first kappa shape index (κ1) is 11.0. The molecule has 0 aromatic heterocycles. The maximum absolute atomic E-state index is 10.8. The Morgan fingerprint density at radius 2 is 2.29 bits per heavy atom. The lowest BCUT2D eigenvalue weighted by atomic mass is 10.1. The molecule has 0 fully saturated rings. The fourth-order valence-electron chi connectivity index (χ4n) is 1.07. The van der Waals surface area contributed by atoms with E-state index in [0.717, 1.165) is 0 Å². The van der Waals surface area contributed by atoms with Gasteiger partial charge in [0.1, 0.15) is 0 Å². The molecular weight excluding hydrogens is 269 g/mol. The highest BCUT2D eigenvalue weighted by atomic mass is 79.9. The van der Waals surface area contributed by atoms with Gasteiger partial charge in [-0.2, -0.15) is 5.26 Å². The van der Waals surface area contributed by atoms with Crippen LogP contribution in [-0.4, -0.2) is 11.1 Å². The smallest absolute Gasteiger partial charge is 0.337 e. The van der Waals surface area contributed by atoms with Gasteiger partial charge in [0.25, 0.3) is 0 Å². The molecule has 0 spiro atoms. The predicted molar refractivity (Wildman–Crippen MR) is 55.8 cm³/mol. The number of halogens is 2. The standard InChI is InChI=1S/C9H5BrClNO2/c10-3-6-1-5(4-12)2-7(11)8(6)9(13)14/h1-2H,3H2,(H,13,14). The second-order valence-electron chi connectivity index (χ2n) is 2.54. The van der Waals surface area contributed by atoms with Crippen molar-refractivity contribution in [1.29, 1.82) is 5.26 Å². The number of nitrogens with zero attached hydrogens (tertiary/aromatic N) is 1. The molecule has 0 bridgehead atoms. The van der Waals surface area contributed by atoms with Crippen molar-refractivity contribution in [1.82, 2.24) is 0 Å². The molecule has 1 N–H and O–H groups in total. The van der Waals surface area contributed by atoms with Gasteiger partial charge in [0.15, 0.2) is 0 Å². The summed E-state index contributed by atoms with van der Waals surface area (Å²) in [6.45, 7) is 0. The lowest BCUT2D eigenvalue weighted by Gasteiger charge is -2.05. The van der Waals surface area contributed by atoms with Crippen molar-refractivity contribution < 1.29 is 9.90 Å². The molecule has 1 aromatic rings. The van der Waals surface area contributed by atoms with Gasteiger partial charge in [-0.15, -0.1) is 0 Å². The minimum absolute atomic E-state index is 0.0440. The Balaban J connectivity index is 3.44. The molecular formula is C9H5BrClNO2. The van der Waals surface area contributed by atoms with Crippen LogP contribution in [0.25, 0.3) is 0 Å². The van der Waals surface area contributed by atoms with Gasteiger partial charge in [0.05, 0.1) is 22.2 Å². The average molecular weight is 275 g/mol. The first-order valence-corrected chi connectivity index (χ1v) is 5.12. The summed E-state index contributed by atoms with van der Waals surface area (Å²) in [5, 5.41) is 17.9. The summed E-state index contributed by atoms with van der Waals surface area (Å²) in [6, 6.07) is 4.76. The number of alkyl halides is 1. The summed E-state index contributed by atoms with van der Waals surface area (Å²) in [5.74, 6) is -1.09. The molecule has 1 aromatic carbocycles. The molecule has 0 radical (unpaired) electrons. The summed E-state index contributed by atoms with van der Waals surface area (Å²) in [4.78, 5) is 10.8. The summed E-state index contributed by atoms with van der Waals surface area (Å²) < 4.78 is 0. The first-order chi connectivity index (χ1) is 6.60. The Morgan fingerprint density at radius 1 is 1.64 bits per heavy atom. The Bertz CT molecular complexity index is 426. The highest BCUT2D eigenvalue weighted by Gasteiger charge is 2.15. The third-order valence-electron chi connectivity index (χ3n) is 1.66. The zero-order valence-corrected chi connectivity index (χ0v) is 9.26. The Labute approximate surface area is 94.0 Å². The van der Waals surface area contributed by atoms with Crippen LogP contribution in [0.1, 0.15) is 21.5 Å². The van der Waals surface area contributed by atoms with E-state index in [2.05, 4.69) is 15.9 Å². The molecule has 14 heavy (non-hydrogen) atoms. The maximum Gasteiger partial charge on any atom is 0.337 e. The van der Waals surface area contributed by atoms with Gasteiger partial charge in [-0.1, -0.05) is 27.5 Å². The maximum atomic E-state index is 10.8. The normalized spacial score (nSPS) is 9.50. The van der Waals surface area contributed by atoms with E-state index in [-0.39, 0.29) is 10.6 Å². The van der Waals surface area contributed by atoms with Gasteiger partial charge in [0.2, 0.25) is 0 Å². The van der Waals surface area contributed by atoms with Gasteiger partial charge in [0, 0.05) is 5.33 Å². The van der Waals surface area contributed by atoms with Crippen molar-refractivity contribution in [2.45, 2.75) is 5.33 Å². The lowest BCUT2D eigenvalue weighted by molar-refractivity contribution is 0.0696. The number of carboxylic acid groups (broad SMARTS) is 1. The topological polar surface area (TPSA) is 61.1 Å². The van der Waals surface area contributed by atoms with Crippen LogP contribution in [0.2, 0.25) is 5.02 Å². The Hall–Kier alpha value is -1.05. The molecule has 0 heterocycles. The quantitative estimate of drug-likeness (QED) is 0.844. The van der Waals surface area contributed by atoms with Crippen LogP contribution in [0, 0.1) is 11.3 Å². The first-order valence-electron chi connectivity index (χ1n) is 3.62. The van der Waals surface area contributed by atoms with E-state index in [9.17, 15) is 4.79 Å². The largest absolute Gasteiger partial charge is 0.478 e. The summed E-state index contributed by atoms with van der Waals surface area (Å²) >= 11 is 8.88. The number of benzene rings is 1. The van der Waals surface area contributed by atoms with Crippen molar-refractivity contribution >= 4 is 33.5 Å². The number of hydrogen-bond acceptors (Lipinski definition) is 2. The fourth-order valence-corrected chi connectivity index (χ4v) is 1.84. The predicted octanol–water partition coefficient (Wildman–Crippen LogP) is 2.80. The summed E-state index contributed by atoms with van der Waals surface area (Å²) in [6.07, 6.45) is 0. The van der Waals surface area contributed by atoms with Gasteiger partial charge in [-0.3, -0.25) is 0 Å². The molecule has 0 unspecified atom stereocenters. The van der Waals surface area contributed by atoms with Crippen molar-refractivity contribution in [2.75, 3.05) is 0 Å². The molecule has 5 heteroatoms. The van der Waals surface area contributed by atoms with E-state index in [0.29, 0.717) is 16.5 Å². The molecule has 72 valence electrons. The van der Waals surface area contributed by atoms with E-state index in [1.807, 2.05) is 6.07 Å². The van der Waals surface area contributed by atoms with Crippen LogP contribution in [0.4, 0.5) is 0 Å². The van der Waals surface area contributed by atoms with E-state index in [1.54, 1.807) is 0 Å². The van der Waals surface area contributed by atoms with Crippen molar-refractivity contribution in [3.63, 3.8) is 0 Å². The number of carboxylic acids is 1. The van der Waals surface area contributed by atoms with Gasteiger partial charge < -0.3 is 5.11 Å². The number of hydrogen-bond donors (Lipinski definition) is 1. The molecule has 0 aliphatic carbocycles. The van der Waals surface area contributed by atoms with Crippen LogP contribution in [0.15, 0.2) is 12.1 Å². The third-order valence-corrected chi connectivity index (χ3v) is 2.56. The molecule has 0 saturated carbocycles. The average Bonchev–Trinajstić information content (AvgIpc) is 2.15. The minimum Gasteiger partial charge on any atom is -0.478 e. The van der Waals surface area contributed by atoms with Crippen LogP contribution < -0.4 is 0 Å². The van der Waals surface area contributed by atoms with Crippen LogP contribution >= 0.6 is 27.5 Å². The zero-order chi connectivity index (χ0) is 10.7. The SMILES string of the molecule is N#Cc1cc(Cl)c(C(=O)O)c(CBr)c1. The number of nitriles is 1. The van der Waals surface area contributed by atoms with Crippen molar-refractivity contribution in [3.05, 3.63) is 33.8 Å². The van der Waals surface area contributed by atoms with Gasteiger partial charge >= 0.3 is 5.97 Å². The van der Waals surface area contributed by atoms with E-state index < -0.39 is 5.97 Å². The zero-order valence-electron chi connectivity index (χ0n) is 6.92. The fraction of sp³-hybridized carbons (Fsp3) is 0.111. The molecule has 3 nitrogen and oxygen atoms in total. The van der Waals surface area contributed by atoms with Gasteiger partial charge in [-0.05, 0) is 17.7 Å². The summed E-state index contributed by atoms with van der Waals surface area (Å²) in [7, 11) is 0. The molecule has 0 saturated heterocycles. The minimum atomic E-state index is -1.09. The third kappa shape index (κ3) is 2.06. The van der Waals surface area contributed by atoms with Gasteiger partial charge in [-0.25, -0.2) is 4.79 Å². The Morgan fingerprint density at radius 3 is 2.71 bits per heavy atom. The molecule has 0 aliphatic heterocycles. The number of aromatic carboxylic acids is 1. The second-order valence-corrected chi connectivity index (χ2v) is 3.51. The molecule has 0 aliphatic rings. The summed E-state index contributed by atoms with van der Waals surface area (Å²) in [5.41, 5.74) is 0.901. The van der Waals surface area contributed by atoms with Crippen molar-refractivity contribution in [2.24, 2.45) is 0 Å². The lowest BCUT2D eigenvalue weighted by Crippen LogP contribution is -2.03. The molecule has 0 amide bonds. The van der Waals surface area contributed by atoms with Crippen LogP contribution in [0.3, 0.4) is 0 Å². The number of carbonyl (C=O) groups is 1. The molecule has 0 atom stereocenters. The van der Waals surface area contributed by atoms with Crippen molar-refractivity contribution in [3.8, 4) is 6.07 Å². The number of rotatable bonds is 2. The van der Waals surface area contributed by atoms with E-state index >= 15 is 0 Å². The second kappa shape index (κ2) is 4.45. The Kier molecular flexibility index (Phi) is 3.50. The van der Waals surface area contributed by atoms with E-state index in [1.165, 1.54) is 12.1 Å². The molecule has 1 rings (SSSR count). The van der Waals surface area contributed by atoms with Crippen LogP contribution in [0.5, 0.6) is 0 Å². The highest BCUT2D eigenvalue weighted by molar-refractivity contribution is 9.08. The van der Waals surface area contributed by atoms with Crippen LogP contribution in [-0.2, 0) is 5.33 Å². The monoisotopic (exact) mass is 273 g/mol.